The quantitative estimate of drug-likeness (QED) is 0.0754. The normalized spacial score (nSPS) is 13.9. The number of alkyl carbamates (subject to hydrolysis) is 1. The predicted molar refractivity (Wildman–Crippen MR) is 164 cm³/mol. The number of nitrogens with one attached hydrogen (secondary N) is 1. The van der Waals surface area contributed by atoms with E-state index in [1.165, 1.54) is 13.2 Å². The van der Waals surface area contributed by atoms with Crippen molar-refractivity contribution in [1.29, 1.82) is 0 Å². The molecule has 0 radical (unpaired) electrons. The molecule has 1 rings (SSSR count). The summed E-state index contributed by atoms with van der Waals surface area (Å²) in [4.78, 5) is 13.0. The van der Waals surface area contributed by atoms with Gasteiger partial charge in [-0.25, -0.2) is 4.79 Å². The molecule has 1 atom stereocenters. The number of rotatable bonds is 22. The van der Waals surface area contributed by atoms with Gasteiger partial charge in [0.15, 0.2) is 0 Å². The number of amides is 1. The van der Waals surface area contributed by atoms with E-state index < -0.39 is 36.6 Å². The van der Waals surface area contributed by atoms with Crippen molar-refractivity contribution in [3.8, 4) is 5.75 Å². The fraction of sp³-hybridized carbons (Fsp3) is 0.774. The van der Waals surface area contributed by atoms with Crippen LogP contribution in [0.4, 0.5) is 18.0 Å². The largest absolute Gasteiger partial charge is 0.493 e. The van der Waals surface area contributed by atoms with Crippen molar-refractivity contribution in [2.75, 3.05) is 46.5 Å². The van der Waals surface area contributed by atoms with E-state index in [0.717, 1.165) is 31.7 Å². The predicted octanol–water partition coefficient (Wildman–Crippen LogP) is 8.53. The van der Waals surface area contributed by atoms with Gasteiger partial charge in [0.1, 0.15) is 18.1 Å². The third-order valence-electron chi connectivity index (χ3n) is 6.61. The Labute approximate surface area is 261 Å². The van der Waals surface area contributed by atoms with Crippen LogP contribution in [0.2, 0.25) is 0 Å². The molecular weight excluding hydrogens is 602 g/mol. The molecule has 0 aliphatic heterocycles. The second kappa shape index (κ2) is 19.6. The third kappa shape index (κ3) is 15.9. The summed E-state index contributed by atoms with van der Waals surface area (Å²) in [7, 11) is -2.10. The molecule has 1 amide bonds. The molecule has 0 bridgehead atoms. The zero-order chi connectivity index (χ0) is 33.3. The van der Waals surface area contributed by atoms with Crippen molar-refractivity contribution >= 4 is 13.7 Å². The van der Waals surface area contributed by atoms with Crippen molar-refractivity contribution in [2.45, 2.75) is 110 Å². The first kappa shape index (κ1) is 40.2. The van der Waals surface area contributed by atoms with Crippen LogP contribution in [0.1, 0.15) is 97.6 Å². The number of halogens is 3. The van der Waals surface area contributed by atoms with Crippen molar-refractivity contribution in [3.05, 3.63) is 29.3 Å². The number of methoxy groups -OCH3 is 1. The number of hydrogen-bond donors (Lipinski definition) is 1. The molecule has 0 heterocycles. The average Bonchev–Trinajstić information content (AvgIpc) is 2.92. The summed E-state index contributed by atoms with van der Waals surface area (Å²) >= 11 is 0. The number of benzene rings is 1. The average molecular weight is 656 g/mol. The van der Waals surface area contributed by atoms with E-state index in [2.05, 4.69) is 12.2 Å². The molecule has 0 aliphatic carbocycles. The van der Waals surface area contributed by atoms with E-state index in [0.29, 0.717) is 12.0 Å². The Morgan fingerprint density at radius 2 is 1.61 bits per heavy atom. The topological polar surface area (TPSA) is 102 Å². The number of ether oxygens (including phenoxy) is 4. The van der Waals surface area contributed by atoms with Gasteiger partial charge in [0.2, 0.25) is 0 Å². The van der Waals surface area contributed by atoms with Gasteiger partial charge in [0.25, 0.3) is 0 Å². The maximum Gasteiger partial charge on any atom is 0.419 e. The summed E-state index contributed by atoms with van der Waals surface area (Å²) in [6, 6.07) is 4.00. The number of aryl methyl sites for hydroxylation is 1. The Morgan fingerprint density at radius 1 is 0.955 bits per heavy atom. The number of unbranched alkanes of at least 4 members (excludes halogenated alkanes) is 4. The Balaban J connectivity index is 3.32. The minimum Gasteiger partial charge on any atom is -0.493 e. The molecule has 1 aromatic rings. The van der Waals surface area contributed by atoms with Crippen molar-refractivity contribution < 1.29 is 50.5 Å². The maximum atomic E-state index is 14.1. The Bertz CT molecular complexity index is 1010. The van der Waals surface area contributed by atoms with Gasteiger partial charge < -0.3 is 33.3 Å². The molecule has 0 saturated heterocycles. The first-order chi connectivity index (χ1) is 20.6. The van der Waals surface area contributed by atoms with Gasteiger partial charge >= 0.3 is 19.9 Å². The molecule has 0 aliphatic rings. The van der Waals surface area contributed by atoms with Crippen LogP contribution >= 0.6 is 7.60 Å². The number of carbonyl (C=O) groups excluding carboxylic acids is 1. The van der Waals surface area contributed by atoms with Crippen LogP contribution in [0.5, 0.6) is 5.75 Å². The fourth-order valence-corrected chi connectivity index (χ4v) is 6.35. The van der Waals surface area contributed by atoms with Gasteiger partial charge in [-0.2, -0.15) is 13.2 Å². The summed E-state index contributed by atoms with van der Waals surface area (Å²) < 4.78 is 88.2. The molecule has 1 N–H and O–H groups in total. The van der Waals surface area contributed by atoms with Crippen molar-refractivity contribution in [3.63, 3.8) is 0 Å². The van der Waals surface area contributed by atoms with Crippen LogP contribution in [0, 0.1) is 0 Å². The van der Waals surface area contributed by atoms with Gasteiger partial charge in [-0.15, -0.1) is 0 Å². The Morgan fingerprint density at radius 3 is 2.18 bits per heavy atom. The first-order valence-corrected chi connectivity index (χ1v) is 17.1. The van der Waals surface area contributed by atoms with Crippen molar-refractivity contribution in [1.82, 2.24) is 5.32 Å². The lowest BCUT2D eigenvalue weighted by molar-refractivity contribution is -0.139. The minimum absolute atomic E-state index is 0.0680. The highest BCUT2D eigenvalue weighted by atomic mass is 31.2. The second-order valence-corrected chi connectivity index (χ2v) is 13.9. The highest BCUT2D eigenvalue weighted by Crippen LogP contribution is 2.49. The molecule has 13 heteroatoms. The molecule has 0 spiro atoms. The van der Waals surface area contributed by atoms with Crippen molar-refractivity contribution in [2.24, 2.45) is 0 Å². The Kier molecular flexibility index (Phi) is 17.9. The summed E-state index contributed by atoms with van der Waals surface area (Å²) in [5.41, 5.74) is -2.51. The molecule has 44 heavy (non-hydrogen) atoms. The van der Waals surface area contributed by atoms with Crippen LogP contribution in [0.3, 0.4) is 0 Å². The molecule has 1 aromatic carbocycles. The van der Waals surface area contributed by atoms with E-state index in [1.54, 1.807) is 40.7 Å². The van der Waals surface area contributed by atoms with Gasteiger partial charge in [0.05, 0.1) is 43.7 Å². The van der Waals surface area contributed by atoms with E-state index in [4.69, 9.17) is 28.0 Å². The molecule has 0 saturated carbocycles. The standard InChI is InChI=1S/C31H53F3NO8P/c1-8-11-12-13-14-20-40-27-16-15-25(22-26(27)31(32,33)34)17-18-30(23-39-24-38-7,35-28(36)43-29(4,5)6)19-21-44(37,41-9-2)42-10-3/h15-16,22H,8-14,17-21,23-24H2,1-7H3,(H,35,36). The summed E-state index contributed by atoms with van der Waals surface area (Å²) in [5, 5.41) is 2.86. The lowest BCUT2D eigenvalue weighted by atomic mass is 9.89. The Hall–Kier alpha value is -1.85. The van der Waals surface area contributed by atoms with E-state index in [9.17, 15) is 22.5 Å². The van der Waals surface area contributed by atoms with Gasteiger partial charge in [0, 0.05) is 7.11 Å². The van der Waals surface area contributed by atoms with E-state index >= 15 is 0 Å². The molecule has 9 nitrogen and oxygen atoms in total. The molecular formula is C31H53F3NO8P. The third-order valence-corrected chi connectivity index (χ3v) is 8.68. The highest BCUT2D eigenvalue weighted by Gasteiger charge is 2.39. The molecule has 256 valence electrons. The number of alkyl halides is 3. The summed E-state index contributed by atoms with van der Waals surface area (Å²) in [6.45, 7) is 10.9. The first-order valence-electron chi connectivity index (χ1n) is 15.4. The minimum atomic E-state index is -4.62. The number of carbonyl (C=O) groups is 1. The molecule has 0 aromatic heterocycles. The summed E-state index contributed by atoms with van der Waals surface area (Å²) in [5.74, 6) is -0.215. The van der Waals surface area contributed by atoms with E-state index in [1.807, 2.05) is 0 Å². The SMILES string of the molecule is CCCCCCCOc1ccc(CCC(CCP(=O)(OCC)OCC)(COCOC)NC(=O)OC(C)(C)C)cc1C(F)(F)F. The summed E-state index contributed by atoms with van der Waals surface area (Å²) in [6.07, 6.45) is -0.381. The van der Waals surface area contributed by atoms with Crippen LogP contribution in [0.25, 0.3) is 0 Å². The van der Waals surface area contributed by atoms with Crippen LogP contribution in [-0.2, 0) is 40.4 Å². The van der Waals surface area contributed by atoms with Gasteiger partial charge in [-0.3, -0.25) is 4.57 Å². The fourth-order valence-electron chi connectivity index (χ4n) is 4.53. The number of hydrogen-bond acceptors (Lipinski definition) is 8. The van der Waals surface area contributed by atoms with E-state index in [-0.39, 0.29) is 64.4 Å². The smallest absolute Gasteiger partial charge is 0.419 e. The maximum absolute atomic E-state index is 14.1. The zero-order valence-corrected chi connectivity index (χ0v) is 28.4. The zero-order valence-electron chi connectivity index (χ0n) is 27.5. The monoisotopic (exact) mass is 655 g/mol. The van der Waals surface area contributed by atoms with Crippen LogP contribution < -0.4 is 10.1 Å². The van der Waals surface area contributed by atoms with Gasteiger partial charge in [-0.05, 0) is 78.0 Å². The lowest BCUT2D eigenvalue weighted by Crippen LogP contribution is -2.54. The van der Waals surface area contributed by atoms with Crippen LogP contribution in [0.15, 0.2) is 18.2 Å². The molecule has 1 unspecified atom stereocenters. The highest BCUT2D eigenvalue weighted by molar-refractivity contribution is 7.53. The second-order valence-electron chi connectivity index (χ2n) is 11.7. The lowest BCUT2D eigenvalue weighted by Gasteiger charge is -2.36. The van der Waals surface area contributed by atoms with Gasteiger partial charge in [-0.1, -0.05) is 38.7 Å². The van der Waals surface area contributed by atoms with Crippen LogP contribution in [-0.4, -0.2) is 63.7 Å². The molecule has 0 fully saturated rings.